The zero-order chi connectivity index (χ0) is 16.4. The molecule has 0 atom stereocenters. The Labute approximate surface area is 132 Å². The number of benzene rings is 1. The number of aryl methyl sites for hydroxylation is 1. The summed E-state index contributed by atoms with van der Waals surface area (Å²) in [6.45, 7) is 0. The van der Waals surface area contributed by atoms with Gasteiger partial charge in [0.05, 0.1) is 0 Å². The van der Waals surface area contributed by atoms with E-state index < -0.39 is 11.9 Å². The van der Waals surface area contributed by atoms with E-state index in [9.17, 15) is 9.18 Å². The molecule has 0 unspecified atom stereocenters. The van der Waals surface area contributed by atoms with Crippen LogP contribution in [0.1, 0.15) is 33.5 Å². The van der Waals surface area contributed by atoms with Gasteiger partial charge in [-0.1, -0.05) is 12.1 Å². The Kier molecular flexibility index (Phi) is 3.89. The van der Waals surface area contributed by atoms with Crippen molar-refractivity contribution in [1.29, 1.82) is 0 Å². The summed E-state index contributed by atoms with van der Waals surface area (Å²) in [5, 5.41) is 0. The summed E-state index contributed by atoms with van der Waals surface area (Å²) in [6.07, 6.45) is 5.30. The van der Waals surface area contributed by atoms with E-state index >= 15 is 0 Å². The number of allylic oxidation sites excluding steroid dienone is 1. The second-order valence-electron chi connectivity index (χ2n) is 5.24. The number of aliphatic imine (C=N–C) groups is 1. The lowest BCUT2D eigenvalue weighted by molar-refractivity contribution is 0.100. The lowest BCUT2D eigenvalue weighted by atomic mass is 9.86. The fourth-order valence-corrected chi connectivity index (χ4v) is 2.65. The number of nitrogens with two attached hydrogens (primary N) is 2. The molecule has 0 fully saturated rings. The standard InChI is InChI=1S/C17H15FN4O/c18-15-7-6-12(9-21-15)13-3-1-2-10-4-5-11(8-14(10)13)16(23)22-17(19)20/h3-9H,1-2H2,(H4,19,20,22,23). The largest absolute Gasteiger partial charge is 0.370 e. The average molecular weight is 310 g/mol. The van der Waals surface area contributed by atoms with Crippen LogP contribution < -0.4 is 11.5 Å². The predicted octanol–water partition coefficient (Wildman–Crippen LogP) is 2.01. The number of halogens is 1. The van der Waals surface area contributed by atoms with Crippen LogP contribution in [-0.4, -0.2) is 16.9 Å². The molecule has 2 aromatic rings. The molecule has 116 valence electrons. The molecule has 0 saturated heterocycles. The topological polar surface area (TPSA) is 94.4 Å². The van der Waals surface area contributed by atoms with Crippen LogP contribution >= 0.6 is 0 Å². The smallest absolute Gasteiger partial charge is 0.280 e. The van der Waals surface area contributed by atoms with Crippen LogP contribution in [0.5, 0.6) is 0 Å². The zero-order valence-corrected chi connectivity index (χ0v) is 12.3. The van der Waals surface area contributed by atoms with Crippen molar-refractivity contribution >= 4 is 17.4 Å². The first-order valence-electron chi connectivity index (χ1n) is 7.14. The summed E-state index contributed by atoms with van der Waals surface area (Å²) in [7, 11) is 0. The molecule has 1 aliphatic carbocycles. The number of hydrogen-bond donors (Lipinski definition) is 2. The second-order valence-corrected chi connectivity index (χ2v) is 5.24. The molecule has 5 nitrogen and oxygen atoms in total. The molecule has 23 heavy (non-hydrogen) atoms. The lowest BCUT2D eigenvalue weighted by Gasteiger charge is -2.18. The van der Waals surface area contributed by atoms with Crippen LogP contribution in [0.15, 0.2) is 47.6 Å². The maximum absolute atomic E-state index is 13.0. The average Bonchev–Trinajstić information content (AvgIpc) is 2.54. The number of carbonyl (C=O) groups is 1. The maximum atomic E-state index is 13.0. The third-order valence-electron chi connectivity index (χ3n) is 3.68. The van der Waals surface area contributed by atoms with E-state index in [4.69, 9.17) is 11.5 Å². The Morgan fingerprint density at radius 3 is 2.74 bits per heavy atom. The summed E-state index contributed by atoms with van der Waals surface area (Å²) in [5.41, 5.74) is 14.7. The quantitative estimate of drug-likeness (QED) is 0.504. The van der Waals surface area contributed by atoms with Gasteiger partial charge in [0.15, 0.2) is 5.96 Å². The number of aromatic nitrogens is 1. The van der Waals surface area contributed by atoms with Crippen LogP contribution in [0, 0.1) is 5.95 Å². The summed E-state index contributed by atoms with van der Waals surface area (Å²) in [5.74, 6) is -1.29. The van der Waals surface area contributed by atoms with E-state index in [0.29, 0.717) is 5.56 Å². The normalized spacial score (nSPS) is 13.0. The van der Waals surface area contributed by atoms with Gasteiger partial charge in [-0.2, -0.15) is 9.38 Å². The van der Waals surface area contributed by atoms with Crippen LogP contribution in [0.4, 0.5) is 4.39 Å². The minimum absolute atomic E-state index is 0.272. The van der Waals surface area contributed by atoms with Crippen molar-refractivity contribution in [2.75, 3.05) is 0 Å². The zero-order valence-electron chi connectivity index (χ0n) is 12.3. The molecular formula is C17H15FN4O. The molecule has 0 bridgehead atoms. The van der Waals surface area contributed by atoms with Gasteiger partial charge in [0.25, 0.3) is 5.91 Å². The van der Waals surface area contributed by atoms with Gasteiger partial charge in [-0.15, -0.1) is 0 Å². The van der Waals surface area contributed by atoms with Gasteiger partial charge >= 0.3 is 0 Å². The fourth-order valence-electron chi connectivity index (χ4n) is 2.65. The minimum Gasteiger partial charge on any atom is -0.370 e. The van der Waals surface area contributed by atoms with E-state index in [1.54, 1.807) is 18.2 Å². The van der Waals surface area contributed by atoms with Gasteiger partial charge in [-0.25, -0.2) is 4.98 Å². The Hall–Kier alpha value is -3.02. The molecule has 0 saturated carbocycles. The van der Waals surface area contributed by atoms with E-state index in [-0.39, 0.29) is 5.96 Å². The van der Waals surface area contributed by atoms with E-state index in [1.807, 2.05) is 6.07 Å². The number of amides is 1. The number of pyridine rings is 1. The van der Waals surface area contributed by atoms with E-state index in [2.05, 4.69) is 16.1 Å². The van der Waals surface area contributed by atoms with Gasteiger partial charge in [-0.3, -0.25) is 4.79 Å². The third-order valence-corrected chi connectivity index (χ3v) is 3.68. The molecule has 1 aromatic carbocycles. The Balaban J connectivity index is 2.05. The molecule has 6 heteroatoms. The van der Waals surface area contributed by atoms with E-state index in [1.165, 1.54) is 12.3 Å². The lowest BCUT2D eigenvalue weighted by Crippen LogP contribution is -2.24. The van der Waals surface area contributed by atoms with Crippen molar-refractivity contribution in [2.24, 2.45) is 16.5 Å². The Bertz CT molecular complexity index is 821. The Morgan fingerprint density at radius 1 is 1.22 bits per heavy atom. The highest BCUT2D eigenvalue weighted by molar-refractivity contribution is 6.02. The Morgan fingerprint density at radius 2 is 2.04 bits per heavy atom. The van der Waals surface area contributed by atoms with Gasteiger partial charge < -0.3 is 11.5 Å². The van der Waals surface area contributed by atoms with E-state index in [0.717, 1.165) is 35.1 Å². The molecule has 0 aliphatic heterocycles. The molecule has 1 aromatic heterocycles. The molecule has 1 heterocycles. The fraction of sp³-hybridized carbons (Fsp3) is 0.118. The van der Waals surface area contributed by atoms with Crippen LogP contribution in [0.25, 0.3) is 5.57 Å². The first kappa shape index (κ1) is 14.9. The molecule has 1 aliphatic rings. The number of nitrogens with zero attached hydrogens (tertiary/aromatic N) is 2. The summed E-state index contributed by atoms with van der Waals surface area (Å²) >= 11 is 0. The van der Waals surface area contributed by atoms with Gasteiger partial charge in [-0.05, 0) is 53.8 Å². The summed E-state index contributed by atoms with van der Waals surface area (Å²) < 4.78 is 13.0. The van der Waals surface area contributed by atoms with Gasteiger partial charge in [0.2, 0.25) is 5.95 Å². The SMILES string of the molecule is NC(N)=NC(=O)c1ccc2c(c1)C(c1ccc(F)nc1)=CCC2. The van der Waals surface area contributed by atoms with Gasteiger partial charge in [0.1, 0.15) is 0 Å². The number of carbonyl (C=O) groups excluding carboxylic acids is 1. The molecule has 4 N–H and O–H groups in total. The van der Waals surface area contributed by atoms with Crippen molar-refractivity contribution in [3.05, 3.63) is 70.8 Å². The first-order chi connectivity index (χ1) is 11.0. The van der Waals surface area contributed by atoms with Crippen LogP contribution in [0.3, 0.4) is 0 Å². The van der Waals surface area contributed by atoms with Crippen LogP contribution in [0.2, 0.25) is 0 Å². The van der Waals surface area contributed by atoms with Crippen molar-refractivity contribution in [1.82, 2.24) is 4.98 Å². The minimum atomic E-state index is -0.526. The number of guanidine groups is 1. The van der Waals surface area contributed by atoms with Crippen molar-refractivity contribution in [3.63, 3.8) is 0 Å². The van der Waals surface area contributed by atoms with Crippen molar-refractivity contribution in [2.45, 2.75) is 12.8 Å². The maximum Gasteiger partial charge on any atom is 0.280 e. The van der Waals surface area contributed by atoms with Crippen molar-refractivity contribution < 1.29 is 9.18 Å². The van der Waals surface area contributed by atoms with Gasteiger partial charge in [0, 0.05) is 17.3 Å². The first-order valence-corrected chi connectivity index (χ1v) is 7.14. The highest BCUT2D eigenvalue weighted by atomic mass is 19.1. The summed E-state index contributed by atoms with van der Waals surface area (Å²) in [6, 6.07) is 8.36. The molecule has 0 radical (unpaired) electrons. The molecule has 0 spiro atoms. The molecule has 1 amide bonds. The monoisotopic (exact) mass is 310 g/mol. The third kappa shape index (κ3) is 3.11. The molecule has 3 rings (SSSR count). The predicted molar refractivity (Wildman–Crippen MR) is 86.2 cm³/mol. The highest BCUT2D eigenvalue weighted by Gasteiger charge is 2.17. The second kappa shape index (κ2) is 6.00. The number of fused-ring (bicyclic) bond motifs is 1. The van der Waals surface area contributed by atoms with Crippen molar-refractivity contribution in [3.8, 4) is 0 Å². The number of rotatable bonds is 2. The summed E-state index contributed by atoms with van der Waals surface area (Å²) in [4.78, 5) is 19.3. The number of hydrogen-bond acceptors (Lipinski definition) is 2. The van der Waals surface area contributed by atoms with Crippen LogP contribution in [-0.2, 0) is 6.42 Å². The molecular weight excluding hydrogens is 295 g/mol. The highest BCUT2D eigenvalue weighted by Crippen LogP contribution is 2.32.